The number of hydrogen-bond donors (Lipinski definition) is 1. The molecule has 0 aromatic carbocycles. The summed E-state index contributed by atoms with van der Waals surface area (Å²) in [7, 11) is 0. The van der Waals surface area contributed by atoms with Crippen molar-refractivity contribution in [3.63, 3.8) is 0 Å². The predicted molar refractivity (Wildman–Crippen MR) is 60.3 cm³/mol. The fourth-order valence-electron chi connectivity index (χ4n) is 2.37. The van der Waals surface area contributed by atoms with Gasteiger partial charge in [0, 0.05) is 33.0 Å². The van der Waals surface area contributed by atoms with Crippen molar-refractivity contribution < 1.29 is 19.5 Å². The summed E-state index contributed by atoms with van der Waals surface area (Å²) < 4.78 is 0. The highest BCUT2D eigenvalue weighted by Gasteiger charge is 2.35. The van der Waals surface area contributed by atoms with Crippen LogP contribution in [0.5, 0.6) is 0 Å². The fraction of sp³-hybridized carbons (Fsp3) is 0.727. The van der Waals surface area contributed by atoms with Crippen LogP contribution in [0.1, 0.15) is 27.2 Å². The lowest BCUT2D eigenvalue weighted by atomic mass is 10.0. The Morgan fingerprint density at radius 1 is 1.18 bits per heavy atom. The van der Waals surface area contributed by atoms with E-state index in [4.69, 9.17) is 5.11 Å². The molecular formula is C11H18N2O4. The second-order valence-electron chi connectivity index (χ2n) is 4.45. The normalized spacial score (nSPS) is 24.6. The number of rotatable bonds is 2. The summed E-state index contributed by atoms with van der Waals surface area (Å²) in [6, 6.07) is -0.577. The first-order chi connectivity index (χ1) is 7.82. The van der Waals surface area contributed by atoms with Gasteiger partial charge in [-0.2, -0.15) is 0 Å². The van der Waals surface area contributed by atoms with Gasteiger partial charge in [-0.1, -0.05) is 0 Å². The quantitative estimate of drug-likeness (QED) is 0.735. The lowest BCUT2D eigenvalue weighted by Gasteiger charge is -2.44. The first-order valence-corrected chi connectivity index (χ1v) is 5.59. The van der Waals surface area contributed by atoms with Gasteiger partial charge in [-0.05, 0) is 6.92 Å². The third kappa shape index (κ3) is 3.18. The minimum atomic E-state index is -0.959. The molecule has 0 bridgehead atoms. The second kappa shape index (κ2) is 5.16. The minimum Gasteiger partial charge on any atom is -0.481 e. The van der Waals surface area contributed by atoms with Gasteiger partial charge in [0.25, 0.3) is 0 Å². The Labute approximate surface area is 100 Å². The molecule has 0 saturated carbocycles. The van der Waals surface area contributed by atoms with E-state index in [1.807, 2.05) is 6.92 Å². The maximum Gasteiger partial charge on any atom is 0.305 e. The number of aliphatic carboxylic acids is 1. The lowest BCUT2D eigenvalue weighted by Crippen LogP contribution is -2.60. The van der Waals surface area contributed by atoms with Crippen molar-refractivity contribution in [2.75, 3.05) is 13.1 Å². The summed E-state index contributed by atoms with van der Waals surface area (Å²) in [5.74, 6) is -1.19. The van der Waals surface area contributed by atoms with Gasteiger partial charge in [-0.3, -0.25) is 14.4 Å². The average Bonchev–Trinajstić information content (AvgIpc) is 2.14. The summed E-state index contributed by atoms with van der Waals surface area (Å²) >= 11 is 0. The van der Waals surface area contributed by atoms with Gasteiger partial charge < -0.3 is 14.9 Å². The maximum atomic E-state index is 11.5. The van der Waals surface area contributed by atoms with E-state index in [1.54, 1.807) is 9.80 Å². The lowest BCUT2D eigenvalue weighted by molar-refractivity contribution is -0.149. The van der Waals surface area contributed by atoms with Crippen molar-refractivity contribution in [2.24, 2.45) is 0 Å². The molecule has 1 aliphatic heterocycles. The van der Waals surface area contributed by atoms with Crippen LogP contribution in [0.4, 0.5) is 0 Å². The molecule has 17 heavy (non-hydrogen) atoms. The number of carboxylic acid groups (broad SMARTS) is 1. The van der Waals surface area contributed by atoms with Gasteiger partial charge in [0.2, 0.25) is 11.8 Å². The van der Waals surface area contributed by atoms with E-state index in [1.165, 1.54) is 13.8 Å². The highest BCUT2D eigenvalue weighted by molar-refractivity contribution is 5.77. The summed E-state index contributed by atoms with van der Waals surface area (Å²) in [5, 5.41) is 8.84. The smallest absolute Gasteiger partial charge is 0.305 e. The number of nitrogens with zero attached hydrogens (tertiary/aromatic N) is 2. The van der Waals surface area contributed by atoms with Crippen LogP contribution in [-0.4, -0.2) is 57.9 Å². The topological polar surface area (TPSA) is 77.9 Å². The molecule has 0 aromatic heterocycles. The molecule has 0 radical (unpaired) electrons. The Morgan fingerprint density at radius 3 is 2.18 bits per heavy atom. The van der Waals surface area contributed by atoms with Gasteiger partial charge in [-0.25, -0.2) is 0 Å². The number of carbonyl (C=O) groups is 3. The van der Waals surface area contributed by atoms with E-state index >= 15 is 0 Å². The van der Waals surface area contributed by atoms with Crippen LogP contribution >= 0.6 is 0 Å². The fourth-order valence-corrected chi connectivity index (χ4v) is 2.37. The molecule has 1 fully saturated rings. The molecule has 1 N–H and O–H groups in total. The highest BCUT2D eigenvalue weighted by atomic mass is 16.4. The number of carboxylic acids is 1. The van der Waals surface area contributed by atoms with Crippen LogP contribution in [0.3, 0.4) is 0 Å². The van der Waals surface area contributed by atoms with Crippen LogP contribution in [0.2, 0.25) is 0 Å². The monoisotopic (exact) mass is 242 g/mol. The Kier molecular flexibility index (Phi) is 4.09. The van der Waals surface area contributed by atoms with Crippen LogP contribution in [0, 0.1) is 0 Å². The SMILES string of the molecule is CC(=O)N1C[C@H](CC(=O)O)N(C(C)=O)[C@H](C)C1. The van der Waals surface area contributed by atoms with E-state index < -0.39 is 12.0 Å². The average molecular weight is 242 g/mol. The number of hydrogen-bond acceptors (Lipinski definition) is 3. The van der Waals surface area contributed by atoms with Gasteiger partial charge in [0.05, 0.1) is 12.5 Å². The van der Waals surface area contributed by atoms with Crippen LogP contribution in [-0.2, 0) is 14.4 Å². The predicted octanol–water partition coefficient (Wildman–Crippen LogP) is -0.0712. The maximum absolute atomic E-state index is 11.5. The third-order valence-electron chi connectivity index (χ3n) is 3.00. The summed E-state index contributed by atoms with van der Waals surface area (Å²) in [4.78, 5) is 36.8. The Balaban J connectivity index is 2.87. The molecule has 6 heteroatoms. The standard InChI is InChI=1S/C11H18N2O4/c1-7-5-12(8(2)14)6-10(4-11(16)17)13(7)9(3)15/h7,10H,4-6H2,1-3H3,(H,16,17)/t7-,10+/m1/s1. The molecule has 0 aromatic rings. The van der Waals surface area contributed by atoms with Crippen LogP contribution in [0.25, 0.3) is 0 Å². The molecule has 6 nitrogen and oxygen atoms in total. The van der Waals surface area contributed by atoms with Crippen molar-refractivity contribution in [3.8, 4) is 0 Å². The number of piperazine rings is 1. The van der Waals surface area contributed by atoms with E-state index in [0.29, 0.717) is 13.1 Å². The molecule has 1 heterocycles. The van der Waals surface area contributed by atoms with Gasteiger partial charge in [0.15, 0.2) is 0 Å². The molecule has 0 aliphatic carbocycles. The van der Waals surface area contributed by atoms with Crippen molar-refractivity contribution in [2.45, 2.75) is 39.3 Å². The zero-order valence-electron chi connectivity index (χ0n) is 10.3. The van der Waals surface area contributed by atoms with Gasteiger partial charge >= 0.3 is 5.97 Å². The summed E-state index contributed by atoms with van der Waals surface area (Å²) in [6.07, 6.45) is -0.131. The van der Waals surface area contributed by atoms with E-state index in [2.05, 4.69) is 0 Å². The Hall–Kier alpha value is -1.59. The molecule has 2 amide bonds. The minimum absolute atomic E-state index is 0.0876. The zero-order valence-corrected chi connectivity index (χ0v) is 10.3. The molecule has 1 saturated heterocycles. The third-order valence-corrected chi connectivity index (χ3v) is 3.00. The van der Waals surface area contributed by atoms with E-state index in [-0.39, 0.29) is 24.3 Å². The van der Waals surface area contributed by atoms with Gasteiger partial charge in [0.1, 0.15) is 0 Å². The summed E-state index contributed by atoms with van der Waals surface area (Å²) in [6.45, 7) is 5.46. The van der Waals surface area contributed by atoms with E-state index in [9.17, 15) is 14.4 Å². The number of carbonyl (C=O) groups excluding carboxylic acids is 2. The largest absolute Gasteiger partial charge is 0.481 e. The molecular weight excluding hydrogens is 224 g/mol. The summed E-state index contributed by atoms with van der Waals surface area (Å²) in [5.41, 5.74) is 0. The molecule has 1 rings (SSSR count). The van der Waals surface area contributed by atoms with Crippen molar-refractivity contribution >= 4 is 17.8 Å². The highest BCUT2D eigenvalue weighted by Crippen LogP contribution is 2.18. The first-order valence-electron chi connectivity index (χ1n) is 5.59. The Morgan fingerprint density at radius 2 is 1.76 bits per heavy atom. The van der Waals surface area contributed by atoms with Crippen LogP contribution in [0.15, 0.2) is 0 Å². The number of amides is 2. The molecule has 2 atom stereocenters. The van der Waals surface area contributed by atoms with Crippen molar-refractivity contribution in [1.82, 2.24) is 9.80 Å². The molecule has 1 aliphatic rings. The molecule has 0 spiro atoms. The first kappa shape index (κ1) is 13.5. The van der Waals surface area contributed by atoms with Gasteiger partial charge in [-0.15, -0.1) is 0 Å². The van der Waals surface area contributed by atoms with Crippen molar-refractivity contribution in [3.05, 3.63) is 0 Å². The van der Waals surface area contributed by atoms with E-state index in [0.717, 1.165) is 0 Å². The van der Waals surface area contributed by atoms with Crippen molar-refractivity contribution in [1.29, 1.82) is 0 Å². The molecule has 0 unspecified atom stereocenters. The molecule has 96 valence electrons. The zero-order chi connectivity index (χ0) is 13.2. The van der Waals surface area contributed by atoms with Crippen LogP contribution < -0.4 is 0 Å². The Bertz CT molecular complexity index is 342. The second-order valence-corrected chi connectivity index (χ2v) is 4.45.